The Hall–Kier alpha value is -1.45. The average Bonchev–Trinajstić information content (AvgIpc) is 2.92. The second-order valence-corrected chi connectivity index (χ2v) is 5.67. The van der Waals surface area contributed by atoms with E-state index >= 15 is 0 Å². The summed E-state index contributed by atoms with van der Waals surface area (Å²) in [5.41, 5.74) is 2.22. The predicted molar refractivity (Wildman–Crippen MR) is 81.8 cm³/mol. The van der Waals surface area contributed by atoms with Crippen LogP contribution in [0.4, 0.5) is 0 Å². The summed E-state index contributed by atoms with van der Waals surface area (Å²) < 4.78 is 6.08. The fourth-order valence-corrected chi connectivity index (χ4v) is 3.27. The molecule has 3 nitrogen and oxygen atoms in total. The van der Waals surface area contributed by atoms with Crippen molar-refractivity contribution in [3.05, 3.63) is 42.1 Å². The highest BCUT2D eigenvalue weighted by atomic mass is 16.5. The Balaban J connectivity index is 2.09. The fourth-order valence-electron chi connectivity index (χ4n) is 3.27. The molecule has 1 aliphatic heterocycles. The fraction of sp³-hybridized carbons (Fsp3) is 0.471. The van der Waals surface area contributed by atoms with Gasteiger partial charge in [0, 0.05) is 18.2 Å². The monoisotopic (exact) mass is 270 g/mol. The van der Waals surface area contributed by atoms with Crippen molar-refractivity contribution in [1.29, 1.82) is 0 Å². The first-order chi connectivity index (χ1) is 9.74. The number of rotatable bonds is 4. The Morgan fingerprint density at radius 2 is 2.25 bits per heavy atom. The van der Waals surface area contributed by atoms with Crippen molar-refractivity contribution >= 4 is 10.9 Å². The van der Waals surface area contributed by atoms with Crippen LogP contribution in [-0.4, -0.2) is 23.7 Å². The van der Waals surface area contributed by atoms with E-state index in [1.807, 2.05) is 12.3 Å². The lowest BCUT2D eigenvalue weighted by Crippen LogP contribution is -2.41. The van der Waals surface area contributed by atoms with Crippen LogP contribution in [0.2, 0.25) is 0 Å². The molecular weight excluding hydrogens is 248 g/mol. The zero-order valence-corrected chi connectivity index (χ0v) is 12.2. The minimum absolute atomic E-state index is 0.125. The van der Waals surface area contributed by atoms with E-state index in [1.54, 1.807) is 0 Å². The molecule has 1 saturated heterocycles. The second-order valence-electron chi connectivity index (χ2n) is 5.67. The van der Waals surface area contributed by atoms with E-state index in [2.05, 4.69) is 48.4 Å². The molecule has 3 rings (SSSR count). The standard InChI is InChI=1S/C17H22N2O/c1-3-18-16(17(2)10-6-12-20-17)14-7-4-9-15-13(14)8-5-11-19-15/h4-5,7-9,11,16,18H,3,6,10,12H2,1-2H3. The maximum Gasteiger partial charge on any atom is 0.0849 e. The molecule has 0 radical (unpaired) electrons. The largest absolute Gasteiger partial charge is 0.373 e. The van der Waals surface area contributed by atoms with Crippen LogP contribution in [0.15, 0.2) is 36.5 Å². The van der Waals surface area contributed by atoms with Crippen molar-refractivity contribution in [1.82, 2.24) is 10.3 Å². The molecule has 2 aromatic rings. The number of nitrogens with one attached hydrogen (secondary N) is 1. The minimum Gasteiger partial charge on any atom is -0.373 e. The van der Waals surface area contributed by atoms with Gasteiger partial charge in [-0.15, -0.1) is 0 Å². The van der Waals surface area contributed by atoms with E-state index in [1.165, 1.54) is 10.9 Å². The van der Waals surface area contributed by atoms with E-state index in [4.69, 9.17) is 4.74 Å². The summed E-state index contributed by atoms with van der Waals surface area (Å²) in [5.74, 6) is 0. The normalized spacial score (nSPS) is 24.1. The van der Waals surface area contributed by atoms with Gasteiger partial charge in [-0.3, -0.25) is 4.98 Å². The van der Waals surface area contributed by atoms with Crippen LogP contribution in [0, 0.1) is 0 Å². The van der Waals surface area contributed by atoms with E-state index in [-0.39, 0.29) is 11.6 Å². The number of ether oxygens (including phenoxy) is 1. The molecule has 20 heavy (non-hydrogen) atoms. The summed E-state index contributed by atoms with van der Waals surface area (Å²) in [7, 11) is 0. The summed E-state index contributed by atoms with van der Waals surface area (Å²) in [6, 6.07) is 10.7. The van der Waals surface area contributed by atoms with Crippen molar-refractivity contribution in [2.24, 2.45) is 0 Å². The van der Waals surface area contributed by atoms with Crippen LogP contribution >= 0.6 is 0 Å². The van der Waals surface area contributed by atoms with Gasteiger partial charge in [-0.2, -0.15) is 0 Å². The molecule has 1 aromatic heterocycles. The summed E-state index contributed by atoms with van der Waals surface area (Å²) >= 11 is 0. The Morgan fingerprint density at radius 1 is 1.35 bits per heavy atom. The molecule has 0 amide bonds. The third-order valence-corrected chi connectivity index (χ3v) is 4.26. The Kier molecular flexibility index (Phi) is 3.72. The molecular formula is C17H22N2O. The third kappa shape index (κ3) is 2.32. The van der Waals surface area contributed by atoms with Crippen LogP contribution in [-0.2, 0) is 4.74 Å². The SMILES string of the molecule is CCNC(c1cccc2ncccc12)C1(C)CCCO1. The zero-order valence-electron chi connectivity index (χ0n) is 12.2. The summed E-state index contributed by atoms with van der Waals surface area (Å²) in [5, 5.41) is 4.84. The lowest BCUT2D eigenvalue weighted by atomic mass is 9.86. The van der Waals surface area contributed by atoms with Gasteiger partial charge in [-0.05, 0) is 44.0 Å². The molecule has 3 heteroatoms. The Bertz CT molecular complexity index is 585. The van der Waals surface area contributed by atoms with E-state index < -0.39 is 0 Å². The molecule has 1 N–H and O–H groups in total. The summed E-state index contributed by atoms with van der Waals surface area (Å²) in [4.78, 5) is 4.47. The molecule has 106 valence electrons. The zero-order chi connectivity index (χ0) is 14.0. The topological polar surface area (TPSA) is 34.2 Å². The Labute approximate surface area is 120 Å². The molecule has 2 atom stereocenters. The first-order valence-electron chi connectivity index (χ1n) is 7.45. The van der Waals surface area contributed by atoms with Crippen LogP contribution in [0.1, 0.15) is 38.3 Å². The number of aromatic nitrogens is 1. The highest BCUT2D eigenvalue weighted by Crippen LogP contribution is 2.39. The number of nitrogens with zero attached hydrogens (tertiary/aromatic N) is 1. The van der Waals surface area contributed by atoms with Gasteiger partial charge in [-0.25, -0.2) is 0 Å². The third-order valence-electron chi connectivity index (χ3n) is 4.26. The molecule has 0 aliphatic carbocycles. The molecule has 2 unspecified atom stereocenters. The van der Waals surface area contributed by atoms with Crippen LogP contribution in [0.3, 0.4) is 0 Å². The smallest absolute Gasteiger partial charge is 0.0849 e. The van der Waals surface area contributed by atoms with Gasteiger partial charge in [-0.1, -0.05) is 25.1 Å². The minimum atomic E-state index is -0.125. The summed E-state index contributed by atoms with van der Waals surface area (Å²) in [6.07, 6.45) is 4.09. The molecule has 1 fully saturated rings. The number of benzene rings is 1. The van der Waals surface area contributed by atoms with Crippen molar-refractivity contribution in [3.8, 4) is 0 Å². The predicted octanol–water partition coefficient (Wildman–Crippen LogP) is 3.45. The Morgan fingerprint density at radius 3 is 3.00 bits per heavy atom. The van der Waals surface area contributed by atoms with Gasteiger partial charge in [0.15, 0.2) is 0 Å². The molecule has 1 aliphatic rings. The number of pyridine rings is 1. The lowest BCUT2D eigenvalue weighted by Gasteiger charge is -2.35. The maximum atomic E-state index is 6.08. The van der Waals surface area contributed by atoms with Crippen LogP contribution in [0.5, 0.6) is 0 Å². The van der Waals surface area contributed by atoms with E-state index in [0.717, 1.165) is 31.5 Å². The molecule has 0 saturated carbocycles. The van der Waals surface area contributed by atoms with E-state index in [9.17, 15) is 0 Å². The molecule has 0 bridgehead atoms. The van der Waals surface area contributed by atoms with Crippen molar-refractivity contribution in [3.63, 3.8) is 0 Å². The number of likely N-dealkylation sites (N-methyl/N-ethyl adjacent to an activating group) is 1. The highest BCUT2D eigenvalue weighted by Gasteiger charge is 2.39. The quantitative estimate of drug-likeness (QED) is 0.924. The van der Waals surface area contributed by atoms with E-state index in [0.29, 0.717) is 0 Å². The summed E-state index contributed by atoms with van der Waals surface area (Å²) in [6.45, 7) is 6.17. The van der Waals surface area contributed by atoms with Crippen LogP contribution in [0.25, 0.3) is 10.9 Å². The molecule has 2 heterocycles. The van der Waals surface area contributed by atoms with Crippen molar-refractivity contribution in [2.45, 2.75) is 38.3 Å². The van der Waals surface area contributed by atoms with Crippen molar-refractivity contribution < 1.29 is 4.74 Å². The molecule has 0 spiro atoms. The lowest BCUT2D eigenvalue weighted by molar-refractivity contribution is -0.0117. The highest BCUT2D eigenvalue weighted by molar-refractivity contribution is 5.82. The van der Waals surface area contributed by atoms with Gasteiger partial charge in [0.1, 0.15) is 0 Å². The van der Waals surface area contributed by atoms with Gasteiger partial charge in [0.2, 0.25) is 0 Å². The first-order valence-corrected chi connectivity index (χ1v) is 7.45. The number of hydrogen-bond acceptors (Lipinski definition) is 3. The van der Waals surface area contributed by atoms with Gasteiger partial charge >= 0.3 is 0 Å². The number of fused-ring (bicyclic) bond motifs is 1. The second kappa shape index (κ2) is 5.51. The average molecular weight is 270 g/mol. The van der Waals surface area contributed by atoms with Gasteiger partial charge in [0.25, 0.3) is 0 Å². The van der Waals surface area contributed by atoms with Gasteiger partial charge in [0.05, 0.1) is 17.2 Å². The van der Waals surface area contributed by atoms with Crippen molar-refractivity contribution in [2.75, 3.05) is 13.2 Å². The molecule has 1 aromatic carbocycles. The first kappa shape index (κ1) is 13.5. The van der Waals surface area contributed by atoms with Crippen LogP contribution < -0.4 is 5.32 Å². The maximum absolute atomic E-state index is 6.08. The number of hydrogen-bond donors (Lipinski definition) is 1. The van der Waals surface area contributed by atoms with Gasteiger partial charge < -0.3 is 10.1 Å².